The fourth-order valence-electron chi connectivity index (χ4n) is 1.97. The molecule has 0 amide bonds. The summed E-state index contributed by atoms with van der Waals surface area (Å²) in [5.41, 5.74) is 0.516. The van der Waals surface area contributed by atoms with Crippen LogP contribution in [0.4, 0.5) is 0 Å². The highest BCUT2D eigenvalue weighted by atomic mass is 32.2. The molecular formula is C19H21NO3S. The third kappa shape index (κ3) is 4.85. The molecule has 24 heavy (non-hydrogen) atoms. The molecule has 2 aromatic rings. The Morgan fingerprint density at radius 2 is 1.62 bits per heavy atom. The molecule has 0 aliphatic heterocycles. The lowest BCUT2D eigenvalue weighted by Crippen LogP contribution is -2.27. The maximum atomic E-state index is 12.9. The molecule has 0 saturated heterocycles. The Morgan fingerprint density at radius 1 is 1.04 bits per heavy atom. The van der Waals surface area contributed by atoms with E-state index >= 15 is 0 Å². The van der Waals surface area contributed by atoms with Crippen molar-refractivity contribution < 1.29 is 13.5 Å². The lowest BCUT2D eigenvalue weighted by molar-refractivity contribution is 0.143. The molecule has 0 aliphatic carbocycles. The van der Waals surface area contributed by atoms with Gasteiger partial charge in [0.2, 0.25) is 0 Å². The molecule has 0 heterocycles. The van der Waals surface area contributed by atoms with Gasteiger partial charge in [0.05, 0.1) is 11.4 Å². The van der Waals surface area contributed by atoms with Crippen molar-refractivity contribution in [3.8, 4) is 12.0 Å². The fraction of sp³-hybridized carbons (Fsp3) is 0.263. The molecule has 0 fully saturated rings. The van der Waals surface area contributed by atoms with Crippen LogP contribution in [-0.2, 0) is 16.6 Å². The maximum Gasteiger partial charge on any atom is 0.271 e. The van der Waals surface area contributed by atoms with Gasteiger partial charge < -0.3 is 5.11 Å². The number of aliphatic hydroxyl groups is 1. The number of sulfonamides is 1. The first kappa shape index (κ1) is 18.1. The number of aryl methyl sites for hydroxylation is 1. The first-order valence-corrected chi connectivity index (χ1v) is 9.01. The van der Waals surface area contributed by atoms with Crippen LogP contribution in [0.2, 0.25) is 0 Å². The normalized spacial score (nSPS) is 11.5. The number of hydrogen-bond acceptors (Lipinski definition) is 3. The predicted molar refractivity (Wildman–Crippen MR) is 94.4 cm³/mol. The van der Waals surface area contributed by atoms with Crippen LogP contribution in [0.15, 0.2) is 59.5 Å². The van der Waals surface area contributed by atoms with Crippen LogP contribution in [0.25, 0.3) is 0 Å². The van der Waals surface area contributed by atoms with Gasteiger partial charge in [0, 0.05) is 6.04 Å². The molecular weight excluding hydrogens is 322 g/mol. The van der Waals surface area contributed by atoms with Crippen molar-refractivity contribution >= 4 is 10.0 Å². The van der Waals surface area contributed by atoms with Crippen LogP contribution in [-0.4, -0.2) is 23.4 Å². The van der Waals surface area contributed by atoms with E-state index in [1.165, 1.54) is 13.8 Å². The first-order valence-electron chi connectivity index (χ1n) is 7.57. The van der Waals surface area contributed by atoms with Gasteiger partial charge in [-0.15, -0.1) is 0 Å². The van der Waals surface area contributed by atoms with Crippen LogP contribution in [0.5, 0.6) is 0 Å². The Bertz CT molecular complexity index is 839. The van der Waals surface area contributed by atoms with Crippen LogP contribution in [0.3, 0.4) is 0 Å². The molecule has 5 heteroatoms. The molecule has 0 bridgehead atoms. The third-order valence-corrected chi connectivity index (χ3v) is 4.93. The quantitative estimate of drug-likeness (QED) is 0.686. The number of benzene rings is 2. The van der Waals surface area contributed by atoms with Gasteiger partial charge in [-0.2, -0.15) is 0 Å². The monoisotopic (exact) mass is 343 g/mol. The first-order chi connectivity index (χ1) is 11.2. The molecule has 0 saturated carbocycles. The largest absolute Gasteiger partial charge is 0.378 e. The minimum Gasteiger partial charge on any atom is -0.378 e. The van der Waals surface area contributed by atoms with E-state index in [0.717, 1.165) is 15.4 Å². The standard InChI is InChI=1S/C19H21NO3S/c1-16-9-11-18(12-10-16)24(22,23)20(14-13-19(2,3)21)15-17-7-5-4-6-8-17/h4-12,21H,15H2,1-3H3. The van der Waals surface area contributed by atoms with E-state index in [0.29, 0.717) is 0 Å². The zero-order valence-electron chi connectivity index (χ0n) is 14.0. The van der Waals surface area contributed by atoms with Gasteiger partial charge in [-0.3, -0.25) is 0 Å². The minimum absolute atomic E-state index is 0.111. The summed E-state index contributed by atoms with van der Waals surface area (Å²) in [5, 5.41) is 9.81. The second kappa shape index (κ2) is 7.08. The minimum atomic E-state index is -3.79. The molecule has 0 unspecified atom stereocenters. The van der Waals surface area contributed by atoms with Crippen molar-refractivity contribution in [3.05, 3.63) is 65.7 Å². The zero-order chi connectivity index (χ0) is 17.8. The summed E-state index contributed by atoms with van der Waals surface area (Å²) in [7, 11) is -3.79. The predicted octanol–water partition coefficient (Wildman–Crippen LogP) is 2.92. The number of nitrogens with zero attached hydrogens (tertiary/aromatic N) is 1. The summed E-state index contributed by atoms with van der Waals surface area (Å²) in [4.78, 5) is 0.175. The third-order valence-electron chi connectivity index (χ3n) is 3.26. The average Bonchev–Trinajstić information content (AvgIpc) is 2.52. The Morgan fingerprint density at radius 3 is 2.17 bits per heavy atom. The van der Waals surface area contributed by atoms with Gasteiger partial charge in [-0.05, 0) is 44.4 Å². The highest BCUT2D eigenvalue weighted by molar-refractivity contribution is 7.89. The van der Waals surface area contributed by atoms with Crippen LogP contribution < -0.4 is 0 Å². The Balaban J connectivity index is 2.43. The Kier molecular flexibility index (Phi) is 5.33. The van der Waals surface area contributed by atoms with Crippen molar-refractivity contribution in [2.75, 3.05) is 0 Å². The van der Waals surface area contributed by atoms with Gasteiger partial charge in [0.25, 0.3) is 10.0 Å². The molecule has 0 aliphatic rings. The SMILES string of the molecule is Cc1ccc(S(=O)(=O)N(C#CC(C)(C)O)Cc2ccccc2)cc1. The van der Waals surface area contributed by atoms with Crippen molar-refractivity contribution in [1.29, 1.82) is 0 Å². The lowest BCUT2D eigenvalue weighted by atomic mass is 10.2. The summed E-state index contributed by atoms with van der Waals surface area (Å²) in [6.07, 6.45) is 0. The second-order valence-corrected chi connectivity index (χ2v) is 7.97. The lowest BCUT2D eigenvalue weighted by Gasteiger charge is -2.19. The van der Waals surface area contributed by atoms with Crippen LogP contribution >= 0.6 is 0 Å². The second-order valence-electron chi connectivity index (χ2n) is 6.11. The molecule has 126 valence electrons. The average molecular weight is 343 g/mol. The smallest absolute Gasteiger partial charge is 0.271 e. The van der Waals surface area contributed by atoms with E-state index in [4.69, 9.17) is 0 Å². The summed E-state index contributed by atoms with van der Waals surface area (Å²) in [6.45, 7) is 5.03. The van der Waals surface area contributed by atoms with E-state index in [1.54, 1.807) is 24.3 Å². The van der Waals surface area contributed by atoms with E-state index in [9.17, 15) is 13.5 Å². The molecule has 2 aromatic carbocycles. The number of hydrogen-bond donors (Lipinski definition) is 1. The van der Waals surface area contributed by atoms with E-state index < -0.39 is 15.6 Å². The van der Waals surface area contributed by atoms with Crippen molar-refractivity contribution in [3.63, 3.8) is 0 Å². The van der Waals surface area contributed by atoms with Crippen molar-refractivity contribution in [2.45, 2.75) is 37.8 Å². The van der Waals surface area contributed by atoms with E-state index in [-0.39, 0.29) is 11.4 Å². The highest BCUT2D eigenvalue weighted by Gasteiger charge is 2.23. The van der Waals surface area contributed by atoms with Crippen molar-refractivity contribution in [2.24, 2.45) is 0 Å². The molecule has 0 aromatic heterocycles. The Labute approximate surface area is 143 Å². The van der Waals surface area contributed by atoms with E-state index in [1.807, 2.05) is 37.3 Å². The van der Waals surface area contributed by atoms with Gasteiger partial charge >= 0.3 is 0 Å². The maximum absolute atomic E-state index is 12.9. The van der Waals surface area contributed by atoms with Gasteiger partial charge in [-0.25, -0.2) is 12.7 Å². The summed E-state index contributed by atoms with van der Waals surface area (Å²) in [5.74, 6) is 2.58. The zero-order valence-corrected chi connectivity index (χ0v) is 14.8. The van der Waals surface area contributed by atoms with Gasteiger partial charge in [0.1, 0.15) is 5.60 Å². The summed E-state index contributed by atoms with van der Waals surface area (Å²) < 4.78 is 26.9. The summed E-state index contributed by atoms with van der Waals surface area (Å²) in [6, 6.07) is 18.5. The molecule has 1 N–H and O–H groups in total. The van der Waals surface area contributed by atoms with E-state index in [2.05, 4.69) is 12.0 Å². The number of rotatable bonds is 4. The van der Waals surface area contributed by atoms with Crippen LogP contribution in [0, 0.1) is 18.9 Å². The molecule has 0 spiro atoms. The Hall–Kier alpha value is -2.29. The fourth-order valence-corrected chi connectivity index (χ4v) is 3.19. The molecule has 2 rings (SSSR count). The molecule has 0 radical (unpaired) electrons. The van der Waals surface area contributed by atoms with Crippen molar-refractivity contribution in [1.82, 2.24) is 4.31 Å². The summed E-state index contributed by atoms with van der Waals surface area (Å²) >= 11 is 0. The molecule has 4 nitrogen and oxygen atoms in total. The van der Waals surface area contributed by atoms with Crippen LogP contribution in [0.1, 0.15) is 25.0 Å². The molecule has 0 atom stereocenters. The van der Waals surface area contributed by atoms with Gasteiger partial charge in [-0.1, -0.05) is 48.0 Å². The topological polar surface area (TPSA) is 57.6 Å². The highest BCUT2D eigenvalue weighted by Crippen LogP contribution is 2.18. The van der Waals surface area contributed by atoms with Gasteiger partial charge in [0.15, 0.2) is 0 Å².